The summed E-state index contributed by atoms with van der Waals surface area (Å²) in [7, 11) is -2.27. The van der Waals surface area contributed by atoms with Gasteiger partial charge in [-0.3, -0.25) is 9.63 Å². The van der Waals surface area contributed by atoms with E-state index in [9.17, 15) is 29.8 Å². The molecule has 1 rings (SSSR count). The lowest BCUT2D eigenvalue weighted by atomic mass is 10.1. The number of aliphatic hydroxyl groups is 4. The number of amides is 1. The van der Waals surface area contributed by atoms with Crippen LogP contribution in [-0.4, -0.2) is 69.3 Å². The zero-order chi connectivity index (χ0) is 18.1. The Morgan fingerprint density at radius 2 is 1.79 bits per heavy atom. The first-order chi connectivity index (χ1) is 11.3. The molecule has 9 heteroatoms. The number of carbonyl (C=O) groups is 1. The van der Waals surface area contributed by atoms with Crippen LogP contribution >= 0.6 is 7.80 Å². The maximum absolute atomic E-state index is 11.1. The van der Waals surface area contributed by atoms with Crippen molar-refractivity contribution in [1.29, 1.82) is 0 Å². The van der Waals surface area contributed by atoms with Crippen molar-refractivity contribution in [2.45, 2.75) is 37.2 Å². The summed E-state index contributed by atoms with van der Waals surface area (Å²) in [6.45, 7) is 1.06. The Labute approximate surface area is 141 Å². The van der Waals surface area contributed by atoms with Crippen LogP contribution in [-0.2, 0) is 20.8 Å². The number of benzene rings is 1. The van der Waals surface area contributed by atoms with Crippen molar-refractivity contribution in [2.24, 2.45) is 0 Å². The van der Waals surface area contributed by atoms with E-state index in [2.05, 4.69) is 0 Å². The second kappa shape index (κ2) is 10.6. The number of rotatable bonds is 11. The lowest BCUT2D eigenvalue weighted by Gasteiger charge is -2.27. The molecular weight excluding hydrogens is 337 g/mol. The van der Waals surface area contributed by atoms with E-state index in [4.69, 9.17) is 4.84 Å². The van der Waals surface area contributed by atoms with Gasteiger partial charge in [0.05, 0.1) is 12.6 Å². The van der Waals surface area contributed by atoms with E-state index in [1.165, 1.54) is 6.66 Å². The first-order valence-electron chi connectivity index (χ1n) is 7.46. The highest BCUT2D eigenvalue weighted by molar-refractivity contribution is 7.44. The van der Waals surface area contributed by atoms with Crippen molar-refractivity contribution in [1.82, 2.24) is 5.06 Å². The largest absolute Gasteiger partial charge is 0.390 e. The van der Waals surface area contributed by atoms with E-state index in [0.717, 1.165) is 10.6 Å². The van der Waals surface area contributed by atoms with E-state index >= 15 is 0 Å². The lowest BCUT2D eigenvalue weighted by molar-refractivity contribution is -0.192. The van der Waals surface area contributed by atoms with Crippen molar-refractivity contribution in [2.75, 3.05) is 13.2 Å². The summed E-state index contributed by atoms with van der Waals surface area (Å²) in [6.07, 6.45) is -4.58. The van der Waals surface area contributed by atoms with Gasteiger partial charge in [-0.15, -0.1) is 0 Å². The first-order valence-corrected chi connectivity index (χ1v) is 9.45. The van der Waals surface area contributed by atoms with Crippen LogP contribution in [0.2, 0.25) is 0 Å². The van der Waals surface area contributed by atoms with Crippen molar-refractivity contribution in [3.63, 3.8) is 0 Å². The molecule has 136 valence electrons. The molecule has 0 bridgehead atoms. The molecule has 24 heavy (non-hydrogen) atoms. The maximum atomic E-state index is 11.1. The van der Waals surface area contributed by atoms with Gasteiger partial charge in [0.1, 0.15) is 32.5 Å². The molecule has 0 fully saturated rings. The molecule has 1 amide bonds. The minimum absolute atomic E-state index is 0.0987. The monoisotopic (exact) mass is 361 g/mol. The summed E-state index contributed by atoms with van der Waals surface area (Å²) in [5.74, 6) is -1.25. The van der Waals surface area contributed by atoms with Gasteiger partial charge in [-0.05, 0) is 12.2 Å². The molecule has 8 nitrogen and oxygen atoms in total. The second-order valence-corrected chi connectivity index (χ2v) is 7.34. The fourth-order valence-corrected chi connectivity index (χ4v) is 2.51. The molecule has 0 heterocycles. The van der Waals surface area contributed by atoms with Gasteiger partial charge in [0, 0.05) is 6.42 Å². The number of hydroxylamine groups is 2. The average molecular weight is 361 g/mol. The van der Waals surface area contributed by atoms with Gasteiger partial charge in [-0.25, -0.2) is 5.06 Å². The average Bonchev–Trinajstić information content (AvgIpc) is 2.58. The molecule has 0 aromatic heterocycles. The summed E-state index contributed by atoms with van der Waals surface area (Å²) >= 11 is 0. The van der Waals surface area contributed by atoms with Gasteiger partial charge in [0.2, 0.25) is 6.41 Å². The SMILES string of the molecule is C[PH](=O)C(O)C[C@@H](O)[C@@H](O)[C@@H](O)CN(C=O)OCc1ccccc1. The number of hydrogen-bond acceptors (Lipinski definition) is 7. The summed E-state index contributed by atoms with van der Waals surface area (Å²) in [4.78, 5) is 16.2. The highest BCUT2D eigenvalue weighted by atomic mass is 31.1. The predicted octanol–water partition coefficient (Wildman–Crippen LogP) is -0.443. The summed E-state index contributed by atoms with van der Waals surface area (Å²) in [6, 6.07) is 9.05. The highest BCUT2D eigenvalue weighted by Crippen LogP contribution is 2.25. The standard InChI is InChI=1S/C15H24NO7P/c1-24(22)14(20)7-12(18)15(21)13(19)8-16(10-17)23-9-11-5-3-2-4-6-11/h2-6,10,12-15,18-21,24H,7-9H2,1H3/t12-,13+,14?,15-/m1/s1. The van der Waals surface area contributed by atoms with E-state index < -0.39 is 32.0 Å². The van der Waals surface area contributed by atoms with Gasteiger partial charge >= 0.3 is 0 Å². The molecule has 0 spiro atoms. The predicted molar refractivity (Wildman–Crippen MR) is 87.6 cm³/mol. The fourth-order valence-electron chi connectivity index (χ4n) is 1.94. The zero-order valence-corrected chi connectivity index (χ0v) is 14.4. The van der Waals surface area contributed by atoms with Gasteiger partial charge < -0.3 is 25.0 Å². The fraction of sp³-hybridized carbons (Fsp3) is 0.533. The van der Waals surface area contributed by atoms with E-state index in [0.29, 0.717) is 6.41 Å². The van der Waals surface area contributed by atoms with Crippen LogP contribution in [0.15, 0.2) is 30.3 Å². The van der Waals surface area contributed by atoms with Gasteiger partial charge in [-0.1, -0.05) is 30.3 Å². The van der Waals surface area contributed by atoms with Gasteiger partial charge in [0.15, 0.2) is 0 Å². The lowest BCUT2D eigenvalue weighted by Crippen LogP contribution is -2.45. The summed E-state index contributed by atoms with van der Waals surface area (Å²) in [5.41, 5.74) is 0.815. The Kier molecular flexibility index (Phi) is 9.13. The molecule has 4 N–H and O–H groups in total. The summed E-state index contributed by atoms with van der Waals surface area (Å²) < 4.78 is 11.1. The Balaban J connectivity index is 2.48. The quantitative estimate of drug-likeness (QED) is 0.239. The van der Waals surface area contributed by atoms with Crippen molar-refractivity contribution in [3.05, 3.63) is 35.9 Å². The highest BCUT2D eigenvalue weighted by Gasteiger charge is 2.29. The molecular formula is C15H24NO7P. The van der Waals surface area contributed by atoms with Crippen LogP contribution in [0.1, 0.15) is 12.0 Å². The third-order valence-corrected chi connectivity index (χ3v) is 4.62. The third kappa shape index (κ3) is 7.09. The molecule has 5 atom stereocenters. The molecule has 0 aliphatic carbocycles. The molecule has 0 aliphatic rings. The topological polar surface area (TPSA) is 128 Å². The van der Waals surface area contributed by atoms with Crippen molar-refractivity contribution < 1.29 is 34.6 Å². The molecule has 0 aliphatic heterocycles. The Hall–Kier alpha value is -1.28. The van der Waals surface area contributed by atoms with Gasteiger partial charge in [0.25, 0.3) is 0 Å². The van der Waals surface area contributed by atoms with E-state index in [-0.39, 0.29) is 19.6 Å². The maximum Gasteiger partial charge on any atom is 0.233 e. The molecule has 1 aromatic rings. The van der Waals surface area contributed by atoms with Crippen LogP contribution in [0.4, 0.5) is 0 Å². The second-order valence-electron chi connectivity index (χ2n) is 5.45. The third-order valence-electron chi connectivity index (χ3n) is 3.45. The minimum atomic E-state index is -2.27. The van der Waals surface area contributed by atoms with Crippen LogP contribution < -0.4 is 0 Å². The number of hydrogen-bond donors (Lipinski definition) is 4. The Bertz CT molecular complexity index is 516. The van der Waals surface area contributed by atoms with E-state index in [1.54, 1.807) is 12.1 Å². The number of aliphatic hydroxyl groups excluding tert-OH is 4. The molecule has 0 saturated heterocycles. The smallest absolute Gasteiger partial charge is 0.233 e. The Morgan fingerprint density at radius 3 is 2.33 bits per heavy atom. The molecule has 1 aromatic carbocycles. The van der Waals surface area contributed by atoms with Crippen LogP contribution in [0.5, 0.6) is 0 Å². The van der Waals surface area contributed by atoms with E-state index in [1.807, 2.05) is 18.2 Å². The normalized spacial score (nSPS) is 17.5. The van der Waals surface area contributed by atoms with Crippen molar-refractivity contribution in [3.8, 4) is 0 Å². The first kappa shape index (κ1) is 20.8. The van der Waals surface area contributed by atoms with Crippen molar-refractivity contribution >= 4 is 14.2 Å². The van der Waals surface area contributed by atoms with Gasteiger partial charge in [-0.2, -0.15) is 0 Å². The molecule has 0 radical (unpaired) electrons. The summed E-state index contributed by atoms with van der Waals surface area (Å²) in [5, 5.41) is 39.8. The Morgan fingerprint density at radius 1 is 1.17 bits per heavy atom. The number of carbonyl (C=O) groups excluding carboxylic acids is 1. The molecule has 0 saturated carbocycles. The zero-order valence-electron chi connectivity index (χ0n) is 13.4. The number of nitrogens with zero attached hydrogens (tertiary/aromatic N) is 1. The minimum Gasteiger partial charge on any atom is -0.390 e. The van der Waals surface area contributed by atoms with Crippen LogP contribution in [0.25, 0.3) is 0 Å². The molecule has 2 unspecified atom stereocenters. The van der Waals surface area contributed by atoms with Crippen LogP contribution in [0, 0.1) is 0 Å². The van der Waals surface area contributed by atoms with Crippen LogP contribution in [0.3, 0.4) is 0 Å².